The third kappa shape index (κ3) is 3.42. The molecule has 1 aromatic carbocycles. The SMILES string of the molecule is CC(C)C1Cc2cc(OS(=O)(=O)C(F)(F)F)c3c(c2-c2cc(=O)c(C(=O)O)cn21)CCO3. The molecule has 1 unspecified atom stereocenters. The number of halogens is 3. The summed E-state index contributed by atoms with van der Waals surface area (Å²) in [4.78, 5) is 23.9. The molecule has 0 saturated heterocycles. The van der Waals surface area contributed by atoms with Gasteiger partial charge in [0.1, 0.15) is 5.56 Å². The summed E-state index contributed by atoms with van der Waals surface area (Å²) in [6, 6.07) is 2.04. The molecule has 1 N–H and O–H groups in total. The number of carboxylic acid groups (broad SMARTS) is 1. The number of benzene rings is 1. The van der Waals surface area contributed by atoms with Crippen molar-refractivity contribution < 1.29 is 40.4 Å². The number of carbonyl (C=O) groups is 1. The Hall–Kier alpha value is -3.02. The van der Waals surface area contributed by atoms with Gasteiger partial charge in [-0.3, -0.25) is 4.79 Å². The van der Waals surface area contributed by atoms with Gasteiger partial charge in [0.15, 0.2) is 16.9 Å². The lowest BCUT2D eigenvalue weighted by atomic mass is 9.84. The van der Waals surface area contributed by atoms with E-state index in [-0.39, 0.29) is 37.2 Å². The summed E-state index contributed by atoms with van der Waals surface area (Å²) in [5, 5.41) is 9.35. The summed E-state index contributed by atoms with van der Waals surface area (Å²) in [5.41, 5.74) is -4.91. The summed E-state index contributed by atoms with van der Waals surface area (Å²) >= 11 is 0. The normalized spacial score (nSPS) is 17.4. The molecule has 2 aliphatic rings. The molecule has 0 spiro atoms. The van der Waals surface area contributed by atoms with Crippen molar-refractivity contribution in [2.75, 3.05) is 6.61 Å². The highest BCUT2D eigenvalue weighted by Gasteiger charge is 2.49. The first kappa shape index (κ1) is 22.2. The quantitative estimate of drug-likeness (QED) is 0.536. The van der Waals surface area contributed by atoms with Crippen molar-refractivity contribution in [3.8, 4) is 22.8 Å². The smallest absolute Gasteiger partial charge is 0.489 e. The van der Waals surface area contributed by atoms with E-state index in [0.29, 0.717) is 22.4 Å². The van der Waals surface area contributed by atoms with Crippen LogP contribution in [0.3, 0.4) is 0 Å². The molecule has 0 fully saturated rings. The van der Waals surface area contributed by atoms with Gasteiger partial charge in [0.2, 0.25) is 0 Å². The van der Waals surface area contributed by atoms with Crippen LogP contribution in [0, 0.1) is 5.92 Å². The van der Waals surface area contributed by atoms with Crippen LogP contribution in [0.2, 0.25) is 0 Å². The Kier molecular flexibility index (Phi) is 5.03. The van der Waals surface area contributed by atoms with E-state index in [1.165, 1.54) is 18.3 Å². The second kappa shape index (κ2) is 7.26. The van der Waals surface area contributed by atoms with Gasteiger partial charge in [-0.2, -0.15) is 21.6 Å². The van der Waals surface area contributed by atoms with Gasteiger partial charge < -0.3 is 18.6 Å². The van der Waals surface area contributed by atoms with Gasteiger partial charge in [0.05, 0.1) is 12.3 Å². The second-order valence-corrected chi connectivity index (χ2v) is 9.50. The molecule has 0 amide bonds. The van der Waals surface area contributed by atoms with Crippen molar-refractivity contribution in [3.05, 3.63) is 45.2 Å². The summed E-state index contributed by atoms with van der Waals surface area (Å²) in [6.07, 6.45) is 1.79. The average Bonchev–Trinajstić information content (AvgIpc) is 3.15. The Morgan fingerprint density at radius 3 is 2.59 bits per heavy atom. The van der Waals surface area contributed by atoms with E-state index in [4.69, 9.17) is 4.74 Å². The maximum atomic E-state index is 12.9. The number of ether oxygens (including phenoxy) is 1. The van der Waals surface area contributed by atoms with Crippen LogP contribution in [0.4, 0.5) is 13.2 Å². The zero-order valence-electron chi connectivity index (χ0n) is 16.9. The molecule has 172 valence electrons. The van der Waals surface area contributed by atoms with Crippen LogP contribution in [0.1, 0.15) is 41.4 Å². The fourth-order valence-electron chi connectivity index (χ4n) is 4.18. The first-order valence-corrected chi connectivity index (χ1v) is 11.0. The number of aromatic nitrogens is 1. The lowest BCUT2D eigenvalue weighted by molar-refractivity contribution is -0.0500. The highest BCUT2D eigenvalue weighted by Crippen LogP contribution is 2.49. The molecule has 2 aromatic rings. The summed E-state index contributed by atoms with van der Waals surface area (Å²) < 4.78 is 73.3. The van der Waals surface area contributed by atoms with Crippen molar-refractivity contribution >= 4 is 16.1 Å². The minimum absolute atomic E-state index is 0.0428. The predicted molar refractivity (Wildman–Crippen MR) is 105 cm³/mol. The van der Waals surface area contributed by atoms with Crippen molar-refractivity contribution in [1.29, 1.82) is 0 Å². The first-order valence-electron chi connectivity index (χ1n) is 9.64. The molecule has 0 bridgehead atoms. The van der Waals surface area contributed by atoms with Crippen LogP contribution in [0.5, 0.6) is 11.5 Å². The molecular formula is C20H18F3NO7S. The number of aromatic carboxylic acids is 1. The van der Waals surface area contributed by atoms with Gasteiger partial charge in [-0.05, 0) is 24.0 Å². The number of hydrogen-bond acceptors (Lipinski definition) is 6. The lowest BCUT2D eigenvalue weighted by Crippen LogP contribution is -2.29. The Labute approximate surface area is 180 Å². The molecule has 12 heteroatoms. The number of pyridine rings is 1. The Morgan fingerprint density at radius 2 is 2.00 bits per heavy atom. The largest absolute Gasteiger partial charge is 0.534 e. The first-order chi connectivity index (χ1) is 14.8. The van der Waals surface area contributed by atoms with Gasteiger partial charge in [0, 0.05) is 35.9 Å². The summed E-state index contributed by atoms with van der Waals surface area (Å²) in [7, 11) is -5.91. The van der Waals surface area contributed by atoms with E-state index in [9.17, 15) is 36.3 Å². The van der Waals surface area contributed by atoms with Gasteiger partial charge in [-0.1, -0.05) is 13.8 Å². The van der Waals surface area contributed by atoms with E-state index in [1.54, 1.807) is 4.57 Å². The Morgan fingerprint density at radius 1 is 1.31 bits per heavy atom. The Balaban J connectivity index is 1.97. The summed E-state index contributed by atoms with van der Waals surface area (Å²) in [6.45, 7) is 3.83. The second-order valence-electron chi connectivity index (χ2n) is 7.96. The maximum absolute atomic E-state index is 12.9. The van der Waals surface area contributed by atoms with Crippen molar-refractivity contribution in [2.45, 2.75) is 38.2 Å². The summed E-state index contributed by atoms with van der Waals surface area (Å²) in [5.74, 6) is -2.11. The molecule has 4 rings (SSSR count). The zero-order valence-corrected chi connectivity index (χ0v) is 17.7. The van der Waals surface area contributed by atoms with Crippen molar-refractivity contribution in [2.24, 2.45) is 5.92 Å². The molecule has 1 atom stereocenters. The molecule has 32 heavy (non-hydrogen) atoms. The van der Waals surface area contributed by atoms with Crippen LogP contribution in [-0.4, -0.2) is 36.2 Å². The van der Waals surface area contributed by atoms with E-state index < -0.39 is 38.3 Å². The third-order valence-corrected chi connectivity index (χ3v) is 6.60. The molecule has 8 nitrogen and oxygen atoms in total. The van der Waals surface area contributed by atoms with Crippen LogP contribution in [0.25, 0.3) is 11.3 Å². The fourth-order valence-corrected chi connectivity index (χ4v) is 4.63. The zero-order chi connectivity index (χ0) is 23.6. The predicted octanol–water partition coefficient (Wildman–Crippen LogP) is 3.13. The Bertz CT molecular complexity index is 1300. The molecule has 3 heterocycles. The number of hydrogen-bond donors (Lipinski definition) is 1. The highest BCUT2D eigenvalue weighted by molar-refractivity contribution is 7.88. The third-order valence-electron chi connectivity index (χ3n) is 5.63. The number of nitrogens with zero attached hydrogens (tertiary/aromatic N) is 1. The van der Waals surface area contributed by atoms with Crippen LogP contribution < -0.4 is 14.3 Å². The molecular weight excluding hydrogens is 455 g/mol. The molecule has 0 aliphatic carbocycles. The number of fused-ring (bicyclic) bond motifs is 5. The minimum atomic E-state index is -5.91. The van der Waals surface area contributed by atoms with E-state index in [0.717, 1.165) is 0 Å². The topological polar surface area (TPSA) is 112 Å². The number of rotatable bonds is 4. The minimum Gasteiger partial charge on any atom is -0.489 e. The molecule has 0 radical (unpaired) electrons. The monoisotopic (exact) mass is 473 g/mol. The highest BCUT2D eigenvalue weighted by atomic mass is 32.2. The van der Waals surface area contributed by atoms with E-state index in [1.807, 2.05) is 13.8 Å². The van der Waals surface area contributed by atoms with E-state index in [2.05, 4.69) is 4.18 Å². The number of carboxylic acids is 1. The number of alkyl halides is 3. The van der Waals surface area contributed by atoms with Crippen molar-refractivity contribution in [3.63, 3.8) is 0 Å². The van der Waals surface area contributed by atoms with Crippen LogP contribution in [0.15, 0.2) is 23.1 Å². The van der Waals surface area contributed by atoms with Gasteiger partial charge in [-0.25, -0.2) is 4.79 Å². The van der Waals surface area contributed by atoms with Crippen LogP contribution in [-0.2, 0) is 23.0 Å². The van der Waals surface area contributed by atoms with Gasteiger partial charge >= 0.3 is 21.6 Å². The average molecular weight is 473 g/mol. The molecule has 1 aromatic heterocycles. The van der Waals surface area contributed by atoms with Gasteiger partial charge in [0.25, 0.3) is 0 Å². The van der Waals surface area contributed by atoms with Gasteiger partial charge in [-0.15, -0.1) is 0 Å². The van der Waals surface area contributed by atoms with Crippen molar-refractivity contribution in [1.82, 2.24) is 4.57 Å². The molecule has 2 aliphatic heterocycles. The molecule has 0 saturated carbocycles. The standard InChI is InChI=1S/C20H18F3NO7S/c1-9(2)13-5-10-6-16(31-32(28,29)20(21,22)23)18-11(3-4-30-18)17(10)14-7-15(25)12(19(26)27)8-24(13)14/h6-9,13H,3-5H2,1-2H3,(H,26,27). The maximum Gasteiger partial charge on any atom is 0.534 e. The lowest BCUT2D eigenvalue weighted by Gasteiger charge is -2.34. The van der Waals surface area contributed by atoms with E-state index >= 15 is 0 Å². The fraction of sp³-hybridized carbons (Fsp3) is 0.400. The van der Waals surface area contributed by atoms with Crippen LogP contribution >= 0.6 is 0 Å².